The lowest BCUT2D eigenvalue weighted by molar-refractivity contribution is -0.615. The third-order valence-corrected chi connectivity index (χ3v) is 6.55. The van der Waals surface area contributed by atoms with Crippen molar-refractivity contribution in [2.45, 2.75) is 19.0 Å². The number of benzene rings is 1. The third kappa shape index (κ3) is 5.12. The minimum absolute atomic E-state index is 0.0178. The fourth-order valence-electron chi connectivity index (χ4n) is 4.30. The maximum absolute atomic E-state index is 15.3. The van der Waals surface area contributed by atoms with Crippen LogP contribution < -0.4 is 4.73 Å². The summed E-state index contributed by atoms with van der Waals surface area (Å²) >= 11 is 11.9. The van der Waals surface area contributed by atoms with Gasteiger partial charge in [-0.05, 0) is 18.2 Å². The summed E-state index contributed by atoms with van der Waals surface area (Å²) in [7, 11) is 1.47. The van der Waals surface area contributed by atoms with Gasteiger partial charge < -0.3 is 9.94 Å². The van der Waals surface area contributed by atoms with E-state index in [-0.39, 0.29) is 56.0 Å². The molecule has 10 nitrogen and oxygen atoms in total. The molecule has 0 fully saturated rings. The highest BCUT2D eigenvalue weighted by Gasteiger charge is 2.27. The molecule has 5 aromatic rings. The van der Waals surface area contributed by atoms with Gasteiger partial charge in [0.05, 0.1) is 40.4 Å². The Kier molecular flexibility index (Phi) is 7.74. The average molecular weight is 597 g/mol. The molecule has 0 unspecified atom stereocenters. The SMILES string of the molecule is COCC[C@H](c1ccc(-c2c(-n3cc(Cl)nn3)ccc(Cl)c2F)c[n+]1[O-])n1cc(-c2c(F)cnn2C(F)F)cn1. The smallest absolute Gasteiger partial charge is 0.333 e. The molecular formula is C24H18Cl2F4N8O2. The summed E-state index contributed by atoms with van der Waals surface area (Å²) in [5.41, 5.74) is 0.148. The standard InChI is InChI=1S/C24H18Cl2F4N8O2/c1-40-7-6-17(35-10-14(8-31-35)23-16(27)9-32-38(23)24(29)30)18-4-2-13(11-37(18)39)21-19(5-3-15(25)22(21)28)36-12-20(26)33-34-36/h2-5,8-12,17,24H,6-7H2,1H3/t17-/m1/s1. The maximum atomic E-state index is 15.3. The molecule has 0 radical (unpaired) electrons. The molecule has 0 aliphatic rings. The molecule has 4 heterocycles. The first kappa shape index (κ1) is 27.6. The van der Waals surface area contributed by atoms with Crippen LogP contribution in [0.3, 0.4) is 0 Å². The van der Waals surface area contributed by atoms with E-state index in [0.29, 0.717) is 10.9 Å². The Bertz CT molecular complexity index is 1670. The highest BCUT2D eigenvalue weighted by molar-refractivity contribution is 6.31. The predicted molar refractivity (Wildman–Crippen MR) is 135 cm³/mol. The van der Waals surface area contributed by atoms with E-state index >= 15 is 4.39 Å². The Morgan fingerprint density at radius 2 is 1.85 bits per heavy atom. The van der Waals surface area contributed by atoms with Crippen molar-refractivity contribution in [3.8, 4) is 28.1 Å². The van der Waals surface area contributed by atoms with Crippen LogP contribution in [-0.2, 0) is 4.74 Å². The minimum Gasteiger partial charge on any atom is -0.618 e. The number of aromatic nitrogens is 8. The number of hydrogen-bond donors (Lipinski definition) is 0. The molecule has 0 aliphatic carbocycles. The first-order chi connectivity index (χ1) is 19.2. The molecule has 1 aromatic carbocycles. The van der Waals surface area contributed by atoms with Gasteiger partial charge in [-0.1, -0.05) is 28.4 Å². The number of nitrogens with zero attached hydrogens (tertiary/aromatic N) is 8. The van der Waals surface area contributed by atoms with Crippen LogP contribution >= 0.6 is 23.2 Å². The van der Waals surface area contributed by atoms with Crippen LogP contribution in [0.1, 0.15) is 24.7 Å². The van der Waals surface area contributed by atoms with E-state index in [1.165, 1.54) is 59.3 Å². The summed E-state index contributed by atoms with van der Waals surface area (Å²) in [6.45, 7) is -2.88. The second-order valence-electron chi connectivity index (χ2n) is 8.48. The molecule has 40 heavy (non-hydrogen) atoms. The van der Waals surface area contributed by atoms with Gasteiger partial charge in [-0.25, -0.2) is 18.1 Å². The monoisotopic (exact) mass is 596 g/mol. The summed E-state index contributed by atoms with van der Waals surface area (Å²) in [5, 5.41) is 28.4. The molecular weight excluding hydrogens is 579 g/mol. The second-order valence-corrected chi connectivity index (χ2v) is 9.27. The number of pyridine rings is 1. The number of methoxy groups -OCH3 is 1. The van der Waals surface area contributed by atoms with E-state index in [0.717, 1.165) is 6.20 Å². The molecule has 1 atom stereocenters. The van der Waals surface area contributed by atoms with Crippen molar-refractivity contribution in [2.24, 2.45) is 0 Å². The fraction of sp³-hybridized carbons (Fsp3) is 0.208. The lowest BCUT2D eigenvalue weighted by atomic mass is 10.0. The first-order valence-electron chi connectivity index (χ1n) is 11.5. The Morgan fingerprint density at radius 1 is 1.05 bits per heavy atom. The van der Waals surface area contributed by atoms with Gasteiger partial charge in [0.25, 0.3) is 0 Å². The summed E-state index contributed by atoms with van der Waals surface area (Å²) in [6.07, 6.45) is 5.97. The predicted octanol–water partition coefficient (Wildman–Crippen LogP) is 5.23. The number of halogens is 6. The van der Waals surface area contributed by atoms with E-state index < -0.39 is 29.9 Å². The Hall–Kier alpha value is -4.01. The number of ether oxygens (including phenoxy) is 1. The lowest BCUT2D eigenvalue weighted by Crippen LogP contribution is -2.36. The van der Waals surface area contributed by atoms with Gasteiger partial charge >= 0.3 is 6.55 Å². The molecule has 0 amide bonds. The van der Waals surface area contributed by atoms with Crippen molar-refractivity contribution < 1.29 is 27.0 Å². The van der Waals surface area contributed by atoms with Gasteiger partial charge in [-0.15, -0.1) is 5.10 Å². The zero-order valence-corrected chi connectivity index (χ0v) is 21.9. The van der Waals surface area contributed by atoms with Crippen LogP contribution in [0.2, 0.25) is 10.2 Å². The average Bonchev–Trinajstić information content (AvgIpc) is 3.66. The van der Waals surface area contributed by atoms with Crippen LogP contribution in [-0.4, -0.2) is 48.3 Å². The molecule has 16 heteroatoms. The van der Waals surface area contributed by atoms with Crippen molar-refractivity contribution in [3.05, 3.63) is 88.0 Å². The summed E-state index contributed by atoms with van der Waals surface area (Å²) < 4.78 is 64.8. The van der Waals surface area contributed by atoms with Crippen LogP contribution in [0.15, 0.2) is 55.2 Å². The zero-order valence-electron chi connectivity index (χ0n) is 20.4. The van der Waals surface area contributed by atoms with E-state index in [2.05, 4.69) is 20.5 Å². The van der Waals surface area contributed by atoms with Crippen molar-refractivity contribution in [2.75, 3.05) is 13.7 Å². The van der Waals surface area contributed by atoms with E-state index in [4.69, 9.17) is 27.9 Å². The number of alkyl halides is 2. The second kappa shape index (κ2) is 11.2. The molecule has 4 aromatic heterocycles. The lowest BCUT2D eigenvalue weighted by Gasteiger charge is -2.18. The molecule has 0 spiro atoms. The van der Waals surface area contributed by atoms with Crippen LogP contribution in [0.25, 0.3) is 28.1 Å². The van der Waals surface area contributed by atoms with Gasteiger partial charge in [0, 0.05) is 38.0 Å². The van der Waals surface area contributed by atoms with E-state index in [1.807, 2.05) is 0 Å². The van der Waals surface area contributed by atoms with Crippen molar-refractivity contribution in [1.29, 1.82) is 0 Å². The van der Waals surface area contributed by atoms with Crippen LogP contribution in [0.5, 0.6) is 0 Å². The largest absolute Gasteiger partial charge is 0.618 e. The summed E-state index contributed by atoms with van der Waals surface area (Å²) in [5.74, 6) is -1.74. The highest BCUT2D eigenvalue weighted by Crippen LogP contribution is 2.34. The van der Waals surface area contributed by atoms with Crippen LogP contribution in [0.4, 0.5) is 17.6 Å². The Labute approximate surface area is 233 Å². The van der Waals surface area contributed by atoms with Crippen molar-refractivity contribution in [3.63, 3.8) is 0 Å². The van der Waals surface area contributed by atoms with Gasteiger partial charge in [-0.2, -0.15) is 23.7 Å². The van der Waals surface area contributed by atoms with Crippen molar-refractivity contribution in [1.82, 2.24) is 34.6 Å². The van der Waals surface area contributed by atoms with E-state index in [1.54, 1.807) is 0 Å². The van der Waals surface area contributed by atoms with Crippen LogP contribution in [0, 0.1) is 16.8 Å². The van der Waals surface area contributed by atoms with E-state index in [9.17, 15) is 18.4 Å². The molecule has 5 rings (SSSR count). The quantitative estimate of drug-likeness (QED) is 0.131. The topological polar surface area (TPSA) is 103 Å². The Balaban J connectivity index is 1.56. The fourth-order valence-corrected chi connectivity index (χ4v) is 4.58. The first-order valence-corrected chi connectivity index (χ1v) is 12.3. The number of rotatable bonds is 9. The van der Waals surface area contributed by atoms with Crippen molar-refractivity contribution >= 4 is 23.2 Å². The molecule has 0 N–H and O–H groups in total. The zero-order chi connectivity index (χ0) is 28.6. The molecule has 0 saturated carbocycles. The van der Waals surface area contributed by atoms with Gasteiger partial charge in [-0.3, -0.25) is 4.68 Å². The molecule has 0 saturated heterocycles. The van der Waals surface area contributed by atoms with Gasteiger partial charge in [0.15, 0.2) is 23.0 Å². The summed E-state index contributed by atoms with van der Waals surface area (Å²) in [4.78, 5) is 0. The molecule has 0 bridgehead atoms. The van der Waals surface area contributed by atoms with Gasteiger partial charge in [0.2, 0.25) is 5.69 Å². The summed E-state index contributed by atoms with van der Waals surface area (Å²) in [6, 6.07) is 5.06. The third-order valence-electron chi connectivity index (χ3n) is 6.09. The highest BCUT2D eigenvalue weighted by atomic mass is 35.5. The maximum Gasteiger partial charge on any atom is 0.333 e. The Morgan fingerprint density at radius 3 is 2.52 bits per heavy atom. The normalized spacial score (nSPS) is 12.4. The minimum atomic E-state index is -3.08. The molecule has 0 aliphatic heterocycles. The molecule has 208 valence electrons. The van der Waals surface area contributed by atoms with Gasteiger partial charge in [0.1, 0.15) is 11.7 Å². The number of hydrogen-bond acceptors (Lipinski definition) is 6.